The average Bonchev–Trinajstić information content (AvgIpc) is 2.65. The molecule has 0 spiro atoms. The lowest BCUT2D eigenvalue weighted by Crippen LogP contribution is -2.57. The van der Waals surface area contributed by atoms with Gasteiger partial charge in [-0.1, -0.05) is 10.4 Å². The Balaban J connectivity index is 2.74. The SMILES string of the molecule is CC1(C)NCCN(CCNC(=O)CCC(=O)O)CCNC(C)(C)C(N=O)CC1N=O. The van der Waals surface area contributed by atoms with E-state index in [0.717, 1.165) is 0 Å². The van der Waals surface area contributed by atoms with Crippen LogP contribution in [0.5, 0.6) is 0 Å². The standard InChI is InChI=1S/C19H36N6O5/c1-18(2)14(23-29)13-15(24-30)19(3,4)22-9-12-25(11-8-21-18)10-7-20-16(26)5-6-17(27)28/h14-15,21-22H,5-13H2,1-4H3,(H,20,26)(H,27,28). The first-order chi connectivity index (χ1) is 14.0. The van der Waals surface area contributed by atoms with Crippen LogP contribution in [0.4, 0.5) is 0 Å². The fourth-order valence-electron chi connectivity index (χ4n) is 3.46. The monoisotopic (exact) mass is 428 g/mol. The van der Waals surface area contributed by atoms with E-state index >= 15 is 0 Å². The Morgan fingerprint density at radius 1 is 1.00 bits per heavy atom. The molecule has 0 aromatic heterocycles. The van der Waals surface area contributed by atoms with Gasteiger partial charge in [0.2, 0.25) is 5.91 Å². The number of nitrogens with zero attached hydrogens (tertiary/aromatic N) is 3. The van der Waals surface area contributed by atoms with E-state index in [9.17, 15) is 19.4 Å². The minimum Gasteiger partial charge on any atom is -0.481 e. The van der Waals surface area contributed by atoms with Crippen molar-refractivity contribution < 1.29 is 14.7 Å². The number of rotatable bonds is 8. The summed E-state index contributed by atoms with van der Waals surface area (Å²) in [5, 5.41) is 24.6. The maximum atomic E-state index is 11.7. The van der Waals surface area contributed by atoms with Crippen molar-refractivity contribution in [3.63, 3.8) is 0 Å². The first kappa shape index (κ1) is 26.1. The quantitative estimate of drug-likeness (QED) is 0.412. The van der Waals surface area contributed by atoms with E-state index in [2.05, 4.69) is 31.2 Å². The molecular formula is C19H36N6O5. The number of carbonyl (C=O) groups is 2. The highest BCUT2D eigenvalue weighted by Gasteiger charge is 2.39. The van der Waals surface area contributed by atoms with Crippen LogP contribution in [0.2, 0.25) is 0 Å². The second-order valence-electron chi connectivity index (χ2n) is 8.86. The summed E-state index contributed by atoms with van der Waals surface area (Å²) >= 11 is 0. The van der Waals surface area contributed by atoms with Gasteiger partial charge in [0.1, 0.15) is 12.1 Å². The number of hydrogen-bond acceptors (Lipinski definition) is 9. The van der Waals surface area contributed by atoms with E-state index in [4.69, 9.17) is 5.11 Å². The number of carbonyl (C=O) groups excluding carboxylic acids is 1. The lowest BCUT2D eigenvalue weighted by atomic mass is 9.83. The minimum atomic E-state index is -0.998. The van der Waals surface area contributed by atoms with Crippen molar-refractivity contribution in [2.45, 2.75) is 70.1 Å². The summed E-state index contributed by atoms with van der Waals surface area (Å²) in [5.74, 6) is -1.29. The summed E-state index contributed by atoms with van der Waals surface area (Å²) in [7, 11) is 0. The predicted octanol–water partition coefficient (Wildman–Crippen LogP) is 0.680. The number of amides is 1. The maximum absolute atomic E-state index is 11.7. The Labute approximate surface area is 177 Å². The number of carboxylic acid groups (broad SMARTS) is 1. The number of hydrogen-bond donors (Lipinski definition) is 4. The summed E-state index contributed by atoms with van der Waals surface area (Å²) in [4.78, 5) is 47.4. The molecule has 1 aliphatic heterocycles. The molecule has 172 valence electrons. The van der Waals surface area contributed by atoms with Crippen molar-refractivity contribution in [3.8, 4) is 0 Å². The van der Waals surface area contributed by atoms with Crippen molar-refractivity contribution in [3.05, 3.63) is 9.81 Å². The molecule has 0 aromatic rings. The molecule has 2 unspecified atom stereocenters. The second kappa shape index (κ2) is 12.0. The molecule has 0 saturated carbocycles. The lowest BCUT2D eigenvalue weighted by Gasteiger charge is -2.38. The van der Waals surface area contributed by atoms with Gasteiger partial charge in [0.05, 0.1) is 6.42 Å². The van der Waals surface area contributed by atoms with Crippen LogP contribution in [0.15, 0.2) is 10.4 Å². The third-order valence-electron chi connectivity index (χ3n) is 5.70. The summed E-state index contributed by atoms with van der Waals surface area (Å²) in [6.45, 7) is 11.1. The van der Waals surface area contributed by atoms with Gasteiger partial charge in [0, 0.05) is 63.2 Å². The molecular weight excluding hydrogens is 392 g/mol. The number of aliphatic carboxylic acids is 1. The van der Waals surface area contributed by atoms with Crippen molar-refractivity contribution in [1.29, 1.82) is 0 Å². The molecule has 1 aliphatic rings. The Bertz CT molecular complexity index is 566. The molecule has 1 heterocycles. The van der Waals surface area contributed by atoms with Crippen LogP contribution in [0.25, 0.3) is 0 Å². The van der Waals surface area contributed by atoms with Gasteiger partial charge in [-0.05, 0) is 27.7 Å². The van der Waals surface area contributed by atoms with E-state index in [0.29, 0.717) is 39.3 Å². The predicted molar refractivity (Wildman–Crippen MR) is 114 cm³/mol. The molecule has 1 amide bonds. The van der Waals surface area contributed by atoms with E-state index in [1.165, 1.54) is 0 Å². The summed E-state index contributed by atoms with van der Waals surface area (Å²) < 4.78 is 0. The van der Waals surface area contributed by atoms with Crippen LogP contribution < -0.4 is 16.0 Å². The zero-order valence-corrected chi connectivity index (χ0v) is 18.4. The van der Waals surface area contributed by atoms with Crippen molar-refractivity contribution in [1.82, 2.24) is 20.9 Å². The Kier molecular flexibility index (Phi) is 10.4. The van der Waals surface area contributed by atoms with Crippen molar-refractivity contribution >= 4 is 11.9 Å². The van der Waals surface area contributed by atoms with Gasteiger partial charge >= 0.3 is 5.97 Å². The molecule has 11 heteroatoms. The topological polar surface area (TPSA) is 153 Å². The van der Waals surface area contributed by atoms with Gasteiger partial charge in [-0.2, -0.15) is 9.81 Å². The second-order valence-corrected chi connectivity index (χ2v) is 8.86. The molecule has 1 fully saturated rings. The zero-order valence-electron chi connectivity index (χ0n) is 18.4. The lowest BCUT2D eigenvalue weighted by molar-refractivity contribution is -0.138. The molecule has 4 N–H and O–H groups in total. The van der Waals surface area contributed by atoms with Gasteiger partial charge in [-0.15, -0.1) is 0 Å². The van der Waals surface area contributed by atoms with Crippen LogP contribution in [-0.2, 0) is 9.59 Å². The van der Waals surface area contributed by atoms with Crippen LogP contribution in [0, 0.1) is 9.81 Å². The third kappa shape index (κ3) is 8.80. The van der Waals surface area contributed by atoms with E-state index < -0.39 is 29.1 Å². The molecule has 30 heavy (non-hydrogen) atoms. The number of nitroso groups, excluding NO2 is 2. The molecule has 11 nitrogen and oxygen atoms in total. The van der Waals surface area contributed by atoms with Gasteiger partial charge in [0.15, 0.2) is 0 Å². The highest BCUT2D eigenvalue weighted by molar-refractivity contribution is 5.80. The van der Waals surface area contributed by atoms with Gasteiger partial charge in [0.25, 0.3) is 0 Å². The highest BCUT2D eigenvalue weighted by atomic mass is 16.4. The summed E-state index contributed by atoms with van der Waals surface area (Å²) in [6.07, 6.45) is 0.0332. The Morgan fingerprint density at radius 2 is 1.50 bits per heavy atom. The summed E-state index contributed by atoms with van der Waals surface area (Å²) in [5.41, 5.74) is -1.20. The van der Waals surface area contributed by atoms with Crippen molar-refractivity contribution in [2.24, 2.45) is 10.4 Å². The first-order valence-corrected chi connectivity index (χ1v) is 10.4. The van der Waals surface area contributed by atoms with E-state index in [-0.39, 0.29) is 25.2 Å². The number of carboxylic acids is 1. The highest BCUT2D eigenvalue weighted by Crippen LogP contribution is 2.25. The van der Waals surface area contributed by atoms with Crippen molar-refractivity contribution in [2.75, 3.05) is 39.3 Å². The van der Waals surface area contributed by atoms with Crippen LogP contribution in [0.1, 0.15) is 47.0 Å². The summed E-state index contributed by atoms with van der Waals surface area (Å²) in [6, 6.07) is -1.22. The normalized spacial score (nSPS) is 25.3. The molecule has 1 saturated heterocycles. The third-order valence-corrected chi connectivity index (χ3v) is 5.70. The molecule has 1 rings (SSSR count). The average molecular weight is 429 g/mol. The number of nitrogens with one attached hydrogen (secondary N) is 3. The van der Waals surface area contributed by atoms with E-state index in [1.54, 1.807) is 0 Å². The van der Waals surface area contributed by atoms with Gasteiger partial charge in [-0.3, -0.25) is 14.5 Å². The molecule has 2 atom stereocenters. The van der Waals surface area contributed by atoms with Gasteiger partial charge in [-0.25, -0.2) is 0 Å². The maximum Gasteiger partial charge on any atom is 0.303 e. The molecule has 0 aromatic carbocycles. The smallest absolute Gasteiger partial charge is 0.303 e. The van der Waals surface area contributed by atoms with Crippen LogP contribution in [0.3, 0.4) is 0 Å². The van der Waals surface area contributed by atoms with Crippen LogP contribution >= 0.6 is 0 Å². The molecule has 0 bridgehead atoms. The first-order valence-electron chi connectivity index (χ1n) is 10.4. The Hall–Kier alpha value is -1.98. The Morgan fingerprint density at radius 3 is 1.93 bits per heavy atom. The fourth-order valence-corrected chi connectivity index (χ4v) is 3.46. The van der Waals surface area contributed by atoms with Gasteiger partial charge < -0.3 is 21.1 Å². The van der Waals surface area contributed by atoms with E-state index in [1.807, 2.05) is 27.7 Å². The largest absolute Gasteiger partial charge is 0.481 e. The zero-order chi connectivity index (χ0) is 22.8. The molecule has 0 radical (unpaired) electrons. The van der Waals surface area contributed by atoms with Crippen LogP contribution in [-0.4, -0.2) is 84.3 Å². The molecule has 0 aliphatic carbocycles. The minimum absolute atomic E-state index is 0.0407. The fraction of sp³-hybridized carbons (Fsp3) is 0.895.